The van der Waals surface area contributed by atoms with Gasteiger partial charge in [-0.25, -0.2) is 8.42 Å². The van der Waals surface area contributed by atoms with Crippen LogP contribution in [0.15, 0.2) is 15.9 Å². The number of aliphatic carboxylic acids is 1. The van der Waals surface area contributed by atoms with E-state index in [0.717, 1.165) is 8.66 Å². The Labute approximate surface area is 100.0 Å². The van der Waals surface area contributed by atoms with Gasteiger partial charge in [-0.2, -0.15) is 0 Å². The number of hydrogen-bond donors (Lipinski definition) is 1. The molecule has 0 aliphatic heterocycles. The molecule has 0 radical (unpaired) electrons. The number of hydrogen-bond acceptors (Lipinski definition) is 4. The first kappa shape index (κ1) is 12.7. The lowest BCUT2D eigenvalue weighted by Crippen LogP contribution is -2.19. The van der Waals surface area contributed by atoms with E-state index < -0.39 is 21.6 Å². The van der Waals surface area contributed by atoms with Crippen LogP contribution in [0.25, 0.3) is 0 Å². The van der Waals surface area contributed by atoms with Crippen molar-refractivity contribution in [3.05, 3.63) is 20.8 Å². The van der Waals surface area contributed by atoms with Gasteiger partial charge in [0.05, 0.1) is 9.54 Å². The highest BCUT2D eigenvalue weighted by atomic mass is 79.9. The molecule has 0 aliphatic rings. The molecule has 1 aromatic rings. The smallest absolute Gasteiger partial charge is 0.318 e. The van der Waals surface area contributed by atoms with Crippen LogP contribution in [-0.2, 0) is 21.1 Å². The van der Waals surface area contributed by atoms with Crippen molar-refractivity contribution >= 4 is 43.1 Å². The second-order valence-electron chi connectivity index (χ2n) is 2.94. The summed E-state index contributed by atoms with van der Waals surface area (Å²) in [5, 5.41) is 8.37. The van der Waals surface area contributed by atoms with E-state index in [2.05, 4.69) is 15.9 Å². The van der Waals surface area contributed by atoms with E-state index in [9.17, 15) is 13.2 Å². The summed E-state index contributed by atoms with van der Waals surface area (Å²) in [5.74, 6) is -2.21. The Morgan fingerprint density at radius 1 is 1.47 bits per heavy atom. The number of aryl methyl sites for hydroxylation is 1. The number of carboxylic acid groups (broad SMARTS) is 1. The number of carbonyl (C=O) groups is 1. The Bertz CT molecular complexity index is 449. The van der Waals surface area contributed by atoms with Crippen molar-refractivity contribution in [2.45, 2.75) is 6.42 Å². The predicted octanol–water partition coefficient (Wildman–Crippen LogP) is 1.55. The minimum absolute atomic E-state index is 0.119. The molecule has 84 valence electrons. The average molecular weight is 313 g/mol. The molecular formula is C8H9BrO4S2. The van der Waals surface area contributed by atoms with Crippen LogP contribution in [0.3, 0.4) is 0 Å². The molecule has 0 atom stereocenters. The van der Waals surface area contributed by atoms with Gasteiger partial charge in [-0.15, -0.1) is 11.3 Å². The number of carboxylic acids is 1. The molecule has 4 nitrogen and oxygen atoms in total. The monoisotopic (exact) mass is 312 g/mol. The maximum Gasteiger partial charge on any atom is 0.318 e. The maximum absolute atomic E-state index is 11.2. The Morgan fingerprint density at radius 2 is 2.13 bits per heavy atom. The van der Waals surface area contributed by atoms with Gasteiger partial charge < -0.3 is 5.11 Å². The van der Waals surface area contributed by atoms with Crippen LogP contribution in [0, 0.1) is 0 Å². The normalized spacial score (nSPS) is 11.5. The molecular weight excluding hydrogens is 304 g/mol. The Morgan fingerprint density at radius 3 is 2.60 bits per heavy atom. The van der Waals surface area contributed by atoms with Crippen LogP contribution in [-0.4, -0.2) is 31.0 Å². The van der Waals surface area contributed by atoms with Gasteiger partial charge in [-0.3, -0.25) is 4.79 Å². The molecule has 0 saturated heterocycles. The van der Waals surface area contributed by atoms with E-state index in [1.807, 2.05) is 12.1 Å². The van der Waals surface area contributed by atoms with Gasteiger partial charge in [0.2, 0.25) is 0 Å². The van der Waals surface area contributed by atoms with Crippen LogP contribution >= 0.6 is 27.3 Å². The van der Waals surface area contributed by atoms with Gasteiger partial charge in [0.15, 0.2) is 9.84 Å². The molecule has 7 heteroatoms. The summed E-state index contributed by atoms with van der Waals surface area (Å²) in [4.78, 5) is 11.2. The molecule has 0 unspecified atom stereocenters. The fourth-order valence-corrected chi connectivity index (χ4v) is 3.67. The zero-order chi connectivity index (χ0) is 11.5. The molecule has 1 aromatic heterocycles. The summed E-state index contributed by atoms with van der Waals surface area (Å²) < 4.78 is 23.4. The fraction of sp³-hybridized carbons (Fsp3) is 0.375. The van der Waals surface area contributed by atoms with Crippen molar-refractivity contribution in [2.24, 2.45) is 0 Å². The van der Waals surface area contributed by atoms with E-state index >= 15 is 0 Å². The van der Waals surface area contributed by atoms with Gasteiger partial charge in [-0.05, 0) is 34.5 Å². The van der Waals surface area contributed by atoms with E-state index in [-0.39, 0.29) is 5.75 Å². The highest BCUT2D eigenvalue weighted by molar-refractivity contribution is 9.11. The molecule has 0 spiro atoms. The lowest BCUT2D eigenvalue weighted by atomic mass is 10.4. The van der Waals surface area contributed by atoms with Crippen molar-refractivity contribution in [3.63, 3.8) is 0 Å². The van der Waals surface area contributed by atoms with E-state index in [1.54, 1.807) is 0 Å². The Balaban J connectivity index is 2.53. The van der Waals surface area contributed by atoms with Crippen LogP contribution in [0.1, 0.15) is 4.88 Å². The maximum atomic E-state index is 11.2. The summed E-state index contributed by atoms with van der Waals surface area (Å²) >= 11 is 4.72. The van der Waals surface area contributed by atoms with Gasteiger partial charge in [0, 0.05) is 4.88 Å². The zero-order valence-electron chi connectivity index (χ0n) is 7.64. The topological polar surface area (TPSA) is 71.4 Å². The average Bonchev–Trinajstić information content (AvgIpc) is 2.46. The highest BCUT2D eigenvalue weighted by Gasteiger charge is 2.15. The minimum atomic E-state index is -3.48. The standard InChI is InChI=1S/C8H9BrO4S2/c9-7-2-1-6(14-7)3-4-15(12,13)5-8(10)11/h1-2H,3-5H2,(H,10,11). The third-order valence-corrected chi connectivity index (χ3v) is 4.83. The van der Waals surface area contributed by atoms with Crippen LogP contribution in [0.5, 0.6) is 0 Å². The van der Waals surface area contributed by atoms with Crippen molar-refractivity contribution < 1.29 is 18.3 Å². The number of rotatable bonds is 5. The summed E-state index contributed by atoms with van der Waals surface area (Å²) in [7, 11) is -3.48. The predicted molar refractivity (Wildman–Crippen MR) is 62.0 cm³/mol. The second-order valence-corrected chi connectivity index (χ2v) is 7.67. The first-order valence-corrected chi connectivity index (χ1v) is 7.48. The first-order chi connectivity index (χ1) is 6.89. The fourth-order valence-electron chi connectivity index (χ4n) is 1.00. The third-order valence-electron chi connectivity index (χ3n) is 1.63. The third kappa shape index (κ3) is 4.76. The first-order valence-electron chi connectivity index (χ1n) is 4.05. The lowest BCUT2D eigenvalue weighted by molar-refractivity contribution is -0.134. The quantitative estimate of drug-likeness (QED) is 0.895. The number of halogens is 1. The summed E-state index contributed by atoms with van der Waals surface area (Å²) in [6.45, 7) is 0. The van der Waals surface area contributed by atoms with Crippen LogP contribution in [0.4, 0.5) is 0 Å². The molecule has 0 aromatic carbocycles. The molecule has 1 N–H and O–H groups in total. The van der Waals surface area contributed by atoms with Gasteiger partial charge in [0.25, 0.3) is 0 Å². The summed E-state index contributed by atoms with van der Waals surface area (Å²) in [6, 6.07) is 3.66. The minimum Gasteiger partial charge on any atom is -0.480 e. The largest absolute Gasteiger partial charge is 0.480 e. The highest BCUT2D eigenvalue weighted by Crippen LogP contribution is 2.22. The van der Waals surface area contributed by atoms with E-state index in [1.165, 1.54) is 11.3 Å². The molecule has 0 fully saturated rings. The SMILES string of the molecule is O=C(O)CS(=O)(=O)CCc1ccc(Br)s1. The molecule has 1 heterocycles. The van der Waals surface area contributed by atoms with Crippen molar-refractivity contribution in [1.29, 1.82) is 0 Å². The Kier molecular flexibility index (Phi) is 4.30. The Hall–Kier alpha value is -0.400. The summed E-state index contributed by atoms with van der Waals surface area (Å²) in [6.07, 6.45) is 0.367. The molecule has 15 heavy (non-hydrogen) atoms. The zero-order valence-corrected chi connectivity index (χ0v) is 10.9. The van der Waals surface area contributed by atoms with Gasteiger partial charge in [0.1, 0.15) is 5.75 Å². The van der Waals surface area contributed by atoms with E-state index in [0.29, 0.717) is 6.42 Å². The van der Waals surface area contributed by atoms with Crippen molar-refractivity contribution in [1.82, 2.24) is 0 Å². The number of thiophene rings is 1. The molecule has 0 aliphatic carbocycles. The summed E-state index contributed by atoms with van der Waals surface area (Å²) in [5.41, 5.74) is 0. The van der Waals surface area contributed by atoms with Crippen molar-refractivity contribution in [3.8, 4) is 0 Å². The van der Waals surface area contributed by atoms with Crippen LogP contribution in [0.2, 0.25) is 0 Å². The van der Waals surface area contributed by atoms with Gasteiger partial charge >= 0.3 is 5.97 Å². The van der Waals surface area contributed by atoms with Crippen molar-refractivity contribution in [2.75, 3.05) is 11.5 Å². The van der Waals surface area contributed by atoms with E-state index in [4.69, 9.17) is 5.11 Å². The lowest BCUT2D eigenvalue weighted by Gasteiger charge is -1.99. The second kappa shape index (κ2) is 5.09. The molecule has 0 saturated carbocycles. The molecule has 0 bridgehead atoms. The number of sulfone groups is 1. The molecule has 0 amide bonds. The van der Waals surface area contributed by atoms with Gasteiger partial charge in [-0.1, -0.05) is 0 Å². The molecule has 1 rings (SSSR count). The van der Waals surface area contributed by atoms with Crippen LogP contribution < -0.4 is 0 Å².